The molecule has 0 unspecified atom stereocenters. The van der Waals surface area contributed by atoms with E-state index in [1.165, 1.54) is 4.90 Å². The zero-order chi connectivity index (χ0) is 25.0. The monoisotopic (exact) mass is 509 g/mol. The Morgan fingerprint density at radius 2 is 1.80 bits per heavy atom. The molecule has 1 fully saturated rings. The van der Waals surface area contributed by atoms with Crippen LogP contribution in [0.2, 0.25) is 0 Å². The second-order valence-corrected chi connectivity index (χ2v) is 9.04. The lowest BCUT2D eigenvalue weighted by atomic mass is 10.1. The molecule has 1 amide bonds. The standard InChI is InChI=1S/C21H16F5N7OS/c1-32-13(2-5-29-32)15-12-8-14(18(34)33-6-3-20(22,23)4-7-33)35-17(12)31-16(30-15)11-9-27-19(28-10-11)21(24,25)26/h2,5,8-10H,3-4,6-7H2,1H3. The van der Waals surface area contributed by atoms with Crippen LogP contribution in [-0.4, -0.2) is 59.5 Å². The number of nitrogens with zero attached hydrogens (tertiary/aromatic N) is 7. The predicted molar refractivity (Wildman–Crippen MR) is 116 cm³/mol. The largest absolute Gasteiger partial charge is 0.451 e. The van der Waals surface area contributed by atoms with Crippen molar-refractivity contribution in [2.45, 2.75) is 24.9 Å². The number of fused-ring (bicyclic) bond motifs is 1. The smallest absolute Gasteiger partial charge is 0.338 e. The van der Waals surface area contributed by atoms with Crippen LogP contribution in [0.3, 0.4) is 0 Å². The SMILES string of the molecule is Cn1nccc1-c1nc(-c2cnc(C(F)(F)F)nc2)nc2sc(C(=O)N3CCC(F)(F)CC3)cc12. The van der Waals surface area contributed by atoms with Crippen LogP contribution in [-0.2, 0) is 13.2 Å². The van der Waals surface area contributed by atoms with E-state index in [9.17, 15) is 26.7 Å². The summed E-state index contributed by atoms with van der Waals surface area (Å²) in [6.07, 6.45) is -1.97. The molecule has 0 spiro atoms. The Balaban J connectivity index is 1.58. The van der Waals surface area contributed by atoms with E-state index in [1.54, 1.807) is 30.1 Å². The maximum atomic E-state index is 13.5. The van der Waals surface area contributed by atoms with Crippen molar-refractivity contribution in [2.75, 3.05) is 13.1 Å². The zero-order valence-electron chi connectivity index (χ0n) is 18.1. The van der Waals surface area contributed by atoms with Crippen LogP contribution in [0.25, 0.3) is 33.0 Å². The van der Waals surface area contributed by atoms with Crippen molar-refractivity contribution in [3.8, 4) is 22.8 Å². The summed E-state index contributed by atoms with van der Waals surface area (Å²) in [4.78, 5) is 30.8. The van der Waals surface area contributed by atoms with Gasteiger partial charge in [-0.25, -0.2) is 28.7 Å². The first kappa shape index (κ1) is 23.2. The summed E-state index contributed by atoms with van der Waals surface area (Å²) in [6.45, 7) is -0.122. The quantitative estimate of drug-likeness (QED) is 0.380. The van der Waals surface area contributed by atoms with Gasteiger partial charge in [-0.05, 0) is 12.1 Å². The number of amides is 1. The molecule has 4 aromatic heterocycles. The number of thiophene rings is 1. The van der Waals surface area contributed by atoms with E-state index in [1.807, 2.05) is 0 Å². The average Bonchev–Trinajstić information content (AvgIpc) is 3.43. The Bertz CT molecular complexity index is 1400. The molecule has 35 heavy (non-hydrogen) atoms. The van der Waals surface area contributed by atoms with Gasteiger partial charge in [0.05, 0.1) is 16.1 Å². The molecule has 14 heteroatoms. The number of halogens is 5. The fraction of sp³-hybridized carbons (Fsp3) is 0.333. The topological polar surface area (TPSA) is 89.7 Å². The number of piperidine rings is 1. The fourth-order valence-electron chi connectivity index (χ4n) is 3.74. The normalized spacial score (nSPS) is 16.1. The van der Waals surface area contributed by atoms with E-state index in [2.05, 4.69) is 25.0 Å². The average molecular weight is 509 g/mol. The van der Waals surface area contributed by atoms with Crippen molar-refractivity contribution in [3.05, 3.63) is 41.4 Å². The third-order valence-corrected chi connectivity index (χ3v) is 6.63. The van der Waals surface area contributed by atoms with Gasteiger partial charge in [0.1, 0.15) is 10.5 Å². The lowest BCUT2D eigenvalue weighted by molar-refractivity contribution is -0.145. The minimum Gasteiger partial charge on any atom is -0.338 e. The fourth-order valence-corrected chi connectivity index (χ4v) is 4.74. The third kappa shape index (κ3) is 4.45. The number of carbonyl (C=O) groups excluding carboxylic acids is 1. The number of carbonyl (C=O) groups is 1. The molecular formula is C21H16F5N7OS. The number of aryl methyl sites for hydroxylation is 1. The number of hydrogen-bond donors (Lipinski definition) is 0. The van der Waals surface area contributed by atoms with E-state index in [0.29, 0.717) is 26.5 Å². The molecule has 0 atom stereocenters. The molecule has 1 aliphatic rings. The number of alkyl halides is 5. The summed E-state index contributed by atoms with van der Waals surface area (Å²) in [7, 11) is 1.69. The lowest BCUT2D eigenvalue weighted by Gasteiger charge is -2.31. The molecule has 1 saturated heterocycles. The van der Waals surface area contributed by atoms with Gasteiger partial charge >= 0.3 is 6.18 Å². The van der Waals surface area contributed by atoms with Gasteiger partial charge in [0.2, 0.25) is 5.82 Å². The van der Waals surface area contributed by atoms with Gasteiger partial charge in [0.15, 0.2) is 5.82 Å². The number of aromatic nitrogens is 6. The van der Waals surface area contributed by atoms with E-state index >= 15 is 0 Å². The first-order chi connectivity index (χ1) is 16.5. The number of rotatable bonds is 3. The molecule has 4 aromatic rings. The highest BCUT2D eigenvalue weighted by Crippen LogP contribution is 2.36. The van der Waals surface area contributed by atoms with Gasteiger partial charge < -0.3 is 4.90 Å². The van der Waals surface area contributed by atoms with Gasteiger partial charge in [0, 0.05) is 57.0 Å². The Morgan fingerprint density at radius 1 is 1.11 bits per heavy atom. The Hall–Kier alpha value is -3.55. The molecule has 0 aromatic carbocycles. The van der Waals surface area contributed by atoms with Crippen LogP contribution in [0.5, 0.6) is 0 Å². The summed E-state index contributed by atoms with van der Waals surface area (Å²) in [5.41, 5.74) is 1.15. The van der Waals surface area contributed by atoms with Gasteiger partial charge in [-0.1, -0.05) is 0 Å². The van der Waals surface area contributed by atoms with E-state index in [4.69, 9.17) is 0 Å². The van der Waals surface area contributed by atoms with Crippen LogP contribution in [0.15, 0.2) is 30.7 Å². The lowest BCUT2D eigenvalue weighted by Crippen LogP contribution is -2.42. The molecule has 0 bridgehead atoms. The minimum absolute atomic E-state index is 0.0610. The van der Waals surface area contributed by atoms with E-state index in [-0.39, 0.29) is 30.4 Å². The van der Waals surface area contributed by atoms with Crippen molar-refractivity contribution in [2.24, 2.45) is 7.05 Å². The predicted octanol–water partition coefficient (Wildman–Crippen LogP) is 4.44. The van der Waals surface area contributed by atoms with Crippen LogP contribution >= 0.6 is 11.3 Å². The summed E-state index contributed by atoms with van der Waals surface area (Å²) in [5.74, 6) is -4.39. The van der Waals surface area contributed by atoms with Crippen LogP contribution < -0.4 is 0 Å². The molecule has 182 valence electrons. The van der Waals surface area contributed by atoms with Crippen LogP contribution in [0.4, 0.5) is 22.0 Å². The van der Waals surface area contributed by atoms with Crippen LogP contribution in [0, 0.1) is 0 Å². The van der Waals surface area contributed by atoms with Gasteiger partial charge in [-0.2, -0.15) is 18.3 Å². The van der Waals surface area contributed by atoms with Gasteiger partial charge in [-0.15, -0.1) is 11.3 Å². The highest BCUT2D eigenvalue weighted by atomic mass is 32.1. The second kappa shape index (κ2) is 8.29. The van der Waals surface area contributed by atoms with Crippen LogP contribution in [0.1, 0.15) is 28.3 Å². The zero-order valence-corrected chi connectivity index (χ0v) is 18.9. The summed E-state index contributed by atoms with van der Waals surface area (Å²) in [5, 5.41) is 4.66. The first-order valence-corrected chi connectivity index (χ1v) is 11.2. The Labute approximate surface area is 198 Å². The first-order valence-electron chi connectivity index (χ1n) is 10.4. The number of hydrogen-bond acceptors (Lipinski definition) is 7. The highest BCUT2D eigenvalue weighted by molar-refractivity contribution is 7.20. The van der Waals surface area contributed by atoms with Crippen molar-refractivity contribution in [1.29, 1.82) is 0 Å². The molecule has 0 N–H and O–H groups in total. The second-order valence-electron chi connectivity index (χ2n) is 8.01. The molecule has 5 rings (SSSR count). The van der Waals surface area contributed by atoms with Crippen molar-refractivity contribution >= 4 is 27.5 Å². The summed E-state index contributed by atoms with van der Waals surface area (Å²) < 4.78 is 67.2. The highest BCUT2D eigenvalue weighted by Gasteiger charge is 2.36. The molecular weight excluding hydrogens is 493 g/mol. The van der Waals surface area contributed by atoms with Crippen molar-refractivity contribution in [3.63, 3.8) is 0 Å². The minimum atomic E-state index is -4.69. The summed E-state index contributed by atoms with van der Waals surface area (Å²) >= 11 is 1.05. The summed E-state index contributed by atoms with van der Waals surface area (Å²) in [6, 6.07) is 3.30. The molecule has 1 aliphatic heterocycles. The molecule has 8 nitrogen and oxygen atoms in total. The molecule has 0 aliphatic carbocycles. The van der Waals surface area contributed by atoms with Gasteiger partial charge in [0.25, 0.3) is 11.8 Å². The number of likely N-dealkylation sites (tertiary alicyclic amines) is 1. The molecule has 0 radical (unpaired) electrons. The van der Waals surface area contributed by atoms with Crippen molar-refractivity contribution < 1.29 is 26.7 Å². The maximum absolute atomic E-state index is 13.5. The Morgan fingerprint density at radius 3 is 2.40 bits per heavy atom. The molecule has 0 saturated carbocycles. The Kier molecular flexibility index (Phi) is 5.49. The van der Waals surface area contributed by atoms with Crippen molar-refractivity contribution in [1.82, 2.24) is 34.6 Å². The van der Waals surface area contributed by atoms with E-state index in [0.717, 1.165) is 23.7 Å². The third-order valence-electron chi connectivity index (χ3n) is 5.61. The maximum Gasteiger partial charge on any atom is 0.451 e. The van der Waals surface area contributed by atoms with E-state index < -0.39 is 30.8 Å². The molecule has 5 heterocycles. The van der Waals surface area contributed by atoms with Gasteiger partial charge in [-0.3, -0.25) is 9.48 Å².